The first-order valence-corrected chi connectivity index (χ1v) is 11.2. The summed E-state index contributed by atoms with van der Waals surface area (Å²) in [5, 5.41) is 7.20. The van der Waals surface area contributed by atoms with Crippen LogP contribution in [0.1, 0.15) is 37.1 Å². The van der Waals surface area contributed by atoms with Gasteiger partial charge in [-0.1, -0.05) is 78.7 Å². The number of ether oxygens (including phenoxy) is 1. The molecule has 1 amide bonds. The van der Waals surface area contributed by atoms with Crippen molar-refractivity contribution in [3.63, 3.8) is 0 Å². The molecule has 0 bridgehead atoms. The van der Waals surface area contributed by atoms with E-state index < -0.39 is 5.41 Å². The molecule has 3 aromatic carbocycles. The van der Waals surface area contributed by atoms with Crippen molar-refractivity contribution in [2.45, 2.75) is 37.7 Å². The van der Waals surface area contributed by atoms with Gasteiger partial charge in [0, 0.05) is 0 Å². The number of para-hydroxylation sites is 2. The molecule has 33 heavy (non-hydrogen) atoms. The first-order chi connectivity index (χ1) is 16.2. The molecule has 1 saturated carbocycles. The molecular formula is C27H25N3O3. The van der Waals surface area contributed by atoms with E-state index in [0.29, 0.717) is 23.0 Å². The molecule has 0 spiro atoms. The van der Waals surface area contributed by atoms with E-state index in [1.54, 1.807) is 0 Å². The van der Waals surface area contributed by atoms with Gasteiger partial charge >= 0.3 is 0 Å². The Morgan fingerprint density at radius 2 is 1.58 bits per heavy atom. The molecule has 1 N–H and O–H groups in total. The predicted octanol–water partition coefficient (Wildman–Crippen LogP) is 5.77. The molecule has 0 unspecified atom stereocenters. The monoisotopic (exact) mass is 439 g/mol. The summed E-state index contributed by atoms with van der Waals surface area (Å²) in [6.07, 6.45) is 3.76. The van der Waals surface area contributed by atoms with Crippen molar-refractivity contribution in [1.29, 1.82) is 0 Å². The van der Waals surface area contributed by atoms with Crippen LogP contribution in [0.4, 0.5) is 5.69 Å². The Balaban J connectivity index is 1.36. The third-order valence-corrected chi connectivity index (χ3v) is 6.20. The van der Waals surface area contributed by atoms with Crippen molar-refractivity contribution in [2.24, 2.45) is 0 Å². The van der Waals surface area contributed by atoms with Crippen LogP contribution in [0.5, 0.6) is 5.75 Å². The van der Waals surface area contributed by atoms with Gasteiger partial charge in [0.25, 0.3) is 5.89 Å². The number of amides is 1. The van der Waals surface area contributed by atoms with Crippen molar-refractivity contribution in [3.8, 4) is 17.2 Å². The molecule has 1 aliphatic rings. The molecule has 0 aliphatic heterocycles. The minimum Gasteiger partial charge on any atom is -0.485 e. The Morgan fingerprint density at radius 3 is 2.33 bits per heavy atom. The molecule has 5 rings (SSSR count). The van der Waals surface area contributed by atoms with Gasteiger partial charge in [-0.3, -0.25) is 4.79 Å². The first-order valence-electron chi connectivity index (χ1n) is 11.2. The number of nitrogens with one attached hydrogen (secondary N) is 1. The van der Waals surface area contributed by atoms with E-state index in [0.717, 1.165) is 37.0 Å². The fourth-order valence-corrected chi connectivity index (χ4v) is 4.49. The molecule has 6 heteroatoms. The summed E-state index contributed by atoms with van der Waals surface area (Å²) in [4.78, 5) is 18.1. The van der Waals surface area contributed by atoms with E-state index in [-0.39, 0.29) is 12.5 Å². The van der Waals surface area contributed by atoms with E-state index in [2.05, 4.69) is 15.5 Å². The SMILES string of the molecule is O=C(Nc1ccccc1-c1nc(COc2ccccc2)no1)C1(c2ccccc2)CCCC1. The number of aromatic nitrogens is 2. The van der Waals surface area contributed by atoms with E-state index in [1.807, 2.05) is 84.9 Å². The number of hydrogen-bond donors (Lipinski definition) is 1. The predicted molar refractivity (Wildman–Crippen MR) is 126 cm³/mol. The lowest BCUT2D eigenvalue weighted by Crippen LogP contribution is -2.38. The maximum Gasteiger partial charge on any atom is 0.260 e. The maximum atomic E-state index is 13.6. The lowest BCUT2D eigenvalue weighted by molar-refractivity contribution is -0.121. The van der Waals surface area contributed by atoms with Gasteiger partial charge in [0.2, 0.25) is 11.7 Å². The van der Waals surface area contributed by atoms with E-state index in [4.69, 9.17) is 9.26 Å². The number of carbonyl (C=O) groups is 1. The topological polar surface area (TPSA) is 77.2 Å². The lowest BCUT2D eigenvalue weighted by atomic mass is 9.78. The summed E-state index contributed by atoms with van der Waals surface area (Å²) in [5.41, 5.74) is 1.89. The Bertz CT molecular complexity index is 1220. The molecule has 1 heterocycles. The number of benzene rings is 3. The maximum absolute atomic E-state index is 13.6. The summed E-state index contributed by atoms with van der Waals surface area (Å²) in [7, 11) is 0. The van der Waals surface area contributed by atoms with E-state index in [9.17, 15) is 4.79 Å². The molecule has 1 fully saturated rings. The molecule has 1 aromatic heterocycles. The molecule has 0 radical (unpaired) electrons. The zero-order valence-electron chi connectivity index (χ0n) is 18.2. The van der Waals surface area contributed by atoms with Crippen molar-refractivity contribution >= 4 is 11.6 Å². The average Bonchev–Trinajstić information content (AvgIpc) is 3.55. The van der Waals surface area contributed by atoms with Crippen LogP contribution in [0.15, 0.2) is 89.5 Å². The Kier molecular flexibility index (Phi) is 5.89. The van der Waals surface area contributed by atoms with Gasteiger partial charge in [-0.2, -0.15) is 4.98 Å². The fraction of sp³-hybridized carbons (Fsp3) is 0.222. The van der Waals surface area contributed by atoms with Crippen molar-refractivity contribution in [3.05, 3.63) is 96.3 Å². The molecule has 0 atom stereocenters. The lowest BCUT2D eigenvalue weighted by Gasteiger charge is -2.28. The Hall–Kier alpha value is -3.93. The molecule has 0 saturated heterocycles. The summed E-state index contributed by atoms with van der Waals surface area (Å²) < 4.78 is 11.2. The van der Waals surface area contributed by atoms with Crippen molar-refractivity contribution in [1.82, 2.24) is 10.1 Å². The number of nitrogens with zero attached hydrogens (tertiary/aromatic N) is 2. The summed E-state index contributed by atoms with van der Waals surface area (Å²) in [6.45, 7) is 0.194. The standard InChI is InChI=1S/C27H25N3O3/c31-26(27(17-9-10-18-27)20-11-3-1-4-12-20)28-23-16-8-7-15-22(23)25-29-24(30-33-25)19-32-21-13-5-2-6-14-21/h1-8,11-16H,9-10,17-19H2,(H,28,31). The average molecular weight is 440 g/mol. The van der Waals surface area contributed by atoms with Crippen LogP contribution in [-0.4, -0.2) is 16.0 Å². The number of hydrogen-bond acceptors (Lipinski definition) is 5. The number of carbonyl (C=O) groups excluding carboxylic acids is 1. The zero-order valence-corrected chi connectivity index (χ0v) is 18.2. The normalized spacial score (nSPS) is 14.7. The van der Waals surface area contributed by atoms with Crippen LogP contribution < -0.4 is 10.1 Å². The Labute approximate surface area is 192 Å². The van der Waals surface area contributed by atoms with Crippen LogP contribution in [0.3, 0.4) is 0 Å². The van der Waals surface area contributed by atoms with Crippen LogP contribution in [0, 0.1) is 0 Å². The number of anilines is 1. The summed E-state index contributed by atoms with van der Waals surface area (Å²) >= 11 is 0. The zero-order chi connectivity index (χ0) is 22.5. The summed E-state index contributed by atoms with van der Waals surface area (Å²) in [6, 6.07) is 27.1. The fourth-order valence-electron chi connectivity index (χ4n) is 4.49. The van der Waals surface area contributed by atoms with Gasteiger partial charge in [0.15, 0.2) is 6.61 Å². The minimum absolute atomic E-state index is 0.00537. The smallest absolute Gasteiger partial charge is 0.260 e. The third kappa shape index (κ3) is 4.37. The third-order valence-electron chi connectivity index (χ3n) is 6.20. The van der Waals surface area contributed by atoms with Gasteiger partial charge in [-0.25, -0.2) is 0 Å². The quantitative estimate of drug-likeness (QED) is 0.396. The van der Waals surface area contributed by atoms with Crippen LogP contribution >= 0.6 is 0 Å². The second-order valence-corrected chi connectivity index (χ2v) is 8.27. The van der Waals surface area contributed by atoms with Gasteiger partial charge in [0.1, 0.15) is 5.75 Å². The Morgan fingerprint density at radius 1 is 0.909 bits per heavy atom. The van der Waals surface area contributed by atoms with Crippen molar-refractivity contribution < 1.29 is 14.1 Å². The van der Waals surface area contributed by atoms with E-state index in [1.165, 1.54) is 0 Å². The highest BCUT2D eigenvalue weighted by Crippen LogP contribution is 2.42. The highest BCUT2D eigenvalue weighted by atomic mass is 16.5. The minimum atomic E-state index is -0.516. The van der Waals surface area contributed by atoms with Crippen LogP contribution in [-0.2, 0) is 16.8 Å². The second kappa shape index (κ2) is 9.28. The summed E-state index contributed by atoms with van der Waals surface area (Å²) in [5.74, 6) is 1.52. The highest BCUT2D eigenvalue weighted by Gasteiger charge is 2.42. The highest BCUT2D eigenvalue weighted by molar-refractivity contribution is 6.01. The number of rotatable bonds is 7. The van der Waals surface area contributed by atoms with Gasteiger partial charge in [-0.15, -0.1) is 0 Å². The molecule has 1 aliphatic carbocycles. The van der Waals surface area contributed by atoms with E-state index >= 15 is 0 Å². The molecule has 166 valence electrons. The van der Waals surface area contributed by atoms with Crippen molar-refractivity contribution in [2.75, 3.05) is 5.32 Å². The van der Waals surface area contributed by atoms with Gasteiger partial charge < -0.3 is 14.6 Å². The molecule has 4 aromatic rings. The largest absolute Gasteiger partial charge is 0.485 e. The van der Waals surface area contributed by atoms with Gasteiger partial charge in [-0.05, 0) is 42.7 Å². The van der Waals surface area contributed by atoms with Crippen LogP contribution in [0.2, 0.25) is 0 Å². The second-order valence-electron chi connectivity index (χ2n) is 8.27. The molecular weight excluding hydrogens is 414 g/mol. The van der Waals surface area contributed by atoms with Crippen LogP contribution in [0.25, 0.3) is 11.5 Å². The first kappa shape index (κ1) is 20.9. The molecule has 6 nitrogen and oxygen atoms in total. The van der Waals surface area contributed by atoms with Gasteiger partial charge in [0.05, 0.1) is 16.7 Å².